The van der Waals surface area contributed by atoms with Crippen molar-refractivity contribution in [2.24, 2.45) is 0 Å². The van der Waals surface area contributed by atoms with Gasteiger partial charge in [0.25, 0.3) is 0 Å². The minimum Gasteiger partial charge on any atom is -0.462 e. The zero-order valence-electron chi connectivity index (χ0n) is 43.2. The van der Waals surface area contributed by atoms with Gasteiger partial charge in [0.05, 0.1) is 0 Å². The summed E-state index contributed by atoms with van der Waals surface area (Å²) < 4.78 is 16.8. The second kappa shape index (κ2) is 54.2. The fourth-order valence-corrected chi connectivity index (χ4v) is 7.51. The molecule has 0 aromatic heterocycles. The molecule has 0 saturated heterocycles. The molecule has 1 atom stereocenters. The predicted octanol–water partition coefficient (Wildman–Crippen LogP) is 18.4. The Morgan fingerprint density at radius 3 is 0.970 bits per heavy atom. The van der Waals surface area contributed by atoms with E-state index in [4.69, 9.17) is 14.2 Å². The number of carbonyl (C=O) groups excluding carboxylic acids is 3. The zero-order valence-corrected chi connectivity index (χ0v) is 43.2. The van der Waals surface area contributed by atoms with E-state index in [0.29, 0.717) is 19.3 Å². The van der Waals surface area contributed by atoms with Gasteiger partial charge in [-0.3, -0.25) is 14.4 Å². The van der Waals surface area contributed by atoms with Crippen molar-refractivity contribution in [2.75, 3.05) is 13.2 Å². The summed E-state index contributed by atoms with van der Waals surface area (Å²) in [6.07, 6.45) is 70.1. The lowest BCUT2D eigenvalue weighted by atomic mass is 10.1. The van der Waals surface area contributed by atoms with Crippen molar-refractivity contribution in [3.05, 3.63) is 85.1 Å². The summed E-state index contributed by atoms with van der Waals surface area (Å²) in [4.78, 5) is 38.0. The van der Waals surface area contributed by atoms with Gasteiger partial charge in [-0.1, -0.05) is 234 Å². The molecule has 6 nitrogen and oxygen atoms in total. The van der Waals surface area contributed by atoms with Gasteiger partial charge in [0.1, 0.15) is 13.2 Å². The predicted molar refractivity (Wildman–Crippen MR) is 284 cm³/mol. The molecule has 0 amide bonds. The number of hydrogen-bond acceptors (Lipinski definition) is 6. The highest BCUT2D eigenvalue weighted by Crippen LogP contribution is 2.14. The normalized spacial score (nSPS) is 12.7. The Labute approximate surface area is 407 Å². The Kier molecular flexibility index (Phi) is 51.4. The van der Waals surface area contributed by atoms with E-state index in [0.717, 1.165) is 83.5 Å². The molecule has 0 aromatic rings. The average molecular weight is 919 g/mol. The maximum Gasteiger partial charge on any atom is 0.306 e. The summed E-state index contributed by atoms with van der Waals surface area (Å²) in [6, 6.07) is 0. The fraction of sp³-hybridized carbons (Fsp3) is 0.717. The molecule has 0 aliphatic carbocycles. The van der Waals surface area contributed by atoms with Crippen LogP contribution in [-0.2, 0) is 28.6 Å². The fourth-order valence-electron chi connectivity index (χ4n) is 7.51. The van der Waals surface area contributed by atoms with Crippen LogP contribution in [0.2, 0.25) is 0 Å². The summed E-state index contributed by atoms with van der Waals surface area (Å²) in [6.45, 7) is 6.46. The Hall–Kier alpha value is -3.41. The van der Waals surface area contributed by atoms with Gasteiger partial charge >= 0.3 is 17.9 Å². The van der Waals surface area contributed by atoms with E-state index in [-0.39, 0.29) is 37.5 Å². The molecule has 0 aliphatic rings. The number of esters is 3. The summed E-state index contributed by atoms with van der Waals surface area (Å²) in [7, 11) is 0. The maximum absolute atomic E-state index is 12.8. The van der Waals surface area contributed by atoms with Gasteiger partial charge in [-0.2, -0.15) is 0 Å². The second-order valence-corrected chi connectivity index (χ2v) is 18.1. The van der Waals surface area contributed by atoms with Crippen LogP contribution in [0.15, 0.2) is 85.1 Å². The van der Waals surface area contributed by atoms with Gasteiger partial charge in [0.2, 0.25) is 0 Å². The van der Waals surface area contributed by atoms with Gasteiger partial charge in [0, 0.05) is 19.3 Å². The Morgan fingerprint density at radius 2 is 0.606 bits per heavy atom. The first-order chi connectivity index (χ1) is 32.5. The molecule has 0 saturated carbocycles. The molecule has 0 spiro atoms. The van der Waals surface area contributed by atoms with Gasteiger partial charge in [0.15, 0.2) is 6.10 Å². The molecule has 1 unspecified atom stereocenters. The highest BCUT2D eigenvalue weighted by atomic mass is 16.6. The van der Waals surface area contributed by atoms with Crippen LogP contribution in [0, 0.1) is 0 Å². The van der Waals surface area contributed by atoms with E-state index < -0.39 is 6.10 Å². The van der Waals surface area contributed by atoms with E-state index >= 15 is 0 Å². The van der Waals surface area contributed by atoms with Crippen molar-refractivity contribution < 1.29 is 28.6 Å². The molecular weight excluding hydrogens is 817 g/mol. The number of allylic oxidation sites excluding steroid dienone is 14. The first-order valence-corrected chi connectivity index (χ1v) is 27.6. The van der Waals surface area contributed by atoms with Gasteiger partial charge in [-0.25, -0.2) is 0 Å². The third kappa shape index (κ3) is 51.6. The van der Waals surface area contributed by atoms with Crippen LogP contribution in [-0.4, -0.2) is 37.2 Å². The first-order valence-electron chi connectivity index (χ1n) is 27.6. The first kappa shape index (κ1) is 62.6. The van der Waals surface area contributed by atoms with Crippen LogP contribution in [0.25, 0.3) is 0 Å². The number of ether oxygens (including phenoxy) is 3. The number of carbonyl (C=O) groups is 3. The van der Waals surface area contributed by atoms with Gasteiger partial charge in [-0.15, -0.1) is 0 Å². The van der Waals surface area contributed by atoms with Crippen LogP contribution in [0.1, 0.15) is 258 Å². The number of rotatable bonds is 49. The van der Waals surface area contributed by atoms with E-state index in [1.165, 1.54) is 128 Å². The summed E-state index contributed by atoms with van der Waals surface area (Å²) >= 11 is 0. The molecule has 378 valence electrons. The Balaban J connectivity index is 4.39. The summed E-state index contributed by atoms with van der Waals surface area (Å²) in [5, 5.41) is 0. The molecule has 6 heteroatoms. The SMILES string of the molecule is CC/C=C\C/C=C\C/C=C\C/C=C\C/C=C\CCCC(=O)OC(COC(=O)CCCCCCCCCCCC)COC(=O)CCCCCCCCCCC/C=C\C/C=C\CCCCCCC. The van der Waals surface area contributed by atoms with Crippen molar-refractivity contribution in [1.29, 1.82) is 0 Å². The Morgan fingerprint density at radius 1 is 0.318 bits per heavy atom. The maximum atomic E-state index is 12.8. The summed E-state index contributed by atoms with van der Waals surface area (Å²) in [5.41, 5.74) is 0. The molecule has 0 N–H and O–H groups in total. The quantitative estimate of drug-likeness (QED) is 0.0262. The van der Waals surface area contributed by atoms with Gasteiger partial charge < -0.3 is 14.2 Å². The van der Waals surface area contributed by atoms with E-state index in [1.807, 2.05) is 0 Å². The van der Waals surface area contributed by atoms with E-state index in [9.17, 15) is 14.4 Å². The molecule has 0 rings (SSSR count). The van der Waals surface area contributed by atoms with E-state index in [2.05, 4.69) is 106 Å². The smallest absolute Gasteiger partial charge is 0.306 e. The minimum absolute atomic E-state index is 0.0992. The topological polar surface area (TPSA) is 78.9 Å². The third-order valence-corrected chi connectivity index (χ3v) is 11.6. The highest BCUT2D eigenvalue weighted by molar-refractivity contribution is 5.71. The van der Waals surface area contributed by atoms with Crippen molar-refractivity contribution in [1.82, 2.24) is 0 Å². The lowest BCUT2D eigenvalue weighted by molar-refractivity contribution is -0.167. The zero-order chi connectivity index (χ0) is 47.9. The van der Waals surface area contributed by atoms with Crippen LogP contribution in [0.4, 0.5) is 0 Å². The molecule has 0 bridgehead atoms. The molecule has 66 heavy (non-hydrogen) atoms. The lowest BCUT2D eigenvalue weighted by Crippen LogP contribution is -2.30. The molecule has 0 aromatic carbocycles. The Bertz CT molecular complexity index is 1290. The second-order valence-electron chi connectivity index (χ2n) is 18.1. The molecule has 0 heterocycles. The van der Waals surface area contributed by atoms with E-state index in [1.54, 1.807) is 0 Å². The monoisotopic (exact) mass is 919 g/mol. The number of hydrogen-bond donors (Lipinski definition) is 0. The minimum atomic E-state index is -0.806. The summed E-state index contributed by atoms with van der Waals surface area (Å²) in [5.74, 6) is -0.961. The van der Waals surface area contributed by atoms with Crippen molar-refractivity contribution in [3.8, 4) is 0 Å². The van der Waals surface area contributed by atoms with Crippen LogP contribution >= 0.6 is 0 Å². The highest BCUT2D eigenvalue weighted by Gasteiger charge is 2.19. The van der Waals surface area contributed by atoms with Crippen LogP contribution < -0.4 is 0 Å². The van der Waals surface area contributed by atoms with Gasteiger partial charge in [-0.05, 0) is 89.9 Å². The molecule has 0 aliphatic heterocycles. The number of unbranched alkanes of at least 4 members (excludes halogenated alkanes) is 24. The largest absolute Gasteiger partial charge is 0.462 e. The molecule has 0 radical (unpaired) electrons. The van der Waals surface area contributed by atoms with Crippen LogP contribution in [0.3, 0.4) is 0 Å². The third-order valence-electron chi connectivity index (χ3n) is 11.6. The lowest BCUT2D eigenvalue weighted by Gasteiger charge is -2.18. The van der Waals surface area contributed by atoms with Crippen molar-refractivity contribution in [3.63, 3.8) is 0 Å². The van der Waals surface area contributed by atoms with Crippen molar-refractivity contribution in [2.45, 2.75) is 264 Å². The van der Waals surface area contributed by atoms with Crippen LogP contribution in [0.5, 0.6) is 0 Å². The molecular formula is C60H102O6. The molecule has 0 fully saturated rings. The average Bonchev–Trinajstić information content (AvgIpc) is 3.31. The standard InChI is InChI=1S/C60H102O6/c1-4-7-10-13-16-19-22-24-26-28-29-30-31-33-34-36-38-41-44-47-50-53-59(62)65-56-57(55-64-58(61)52-49-46-43-40-21-18-15-12-9-6-3)66-60(63)54-51-48-45-42-39-37-35-32-27-25-23-20-17-14-11-8-5-2/h8,11,17,20,22,24-25,27-29,35,37,42,45,57H,4-7,9-10,12-16,18-19,21,23,26,30-34,36,38-41,43-44,46-56H2,1-3H3/b11-8-,20-17-,24-22-,27-25-,29-28-,37-35-,45-42-. The van der Waals surface area contributed by atoms with Crippen molar-refractivity contribution >= 4 is 17.9 Å².